The highest BCUT2D eigenvalue weighted by Gasteiger charge is 2.11. The Balaban J connectivity index is 2.21. The summed E-state index contributed by atoms with van der Waals surface area (Å²) in [6, 6.07) is 10.5. The first-order valence-electron chi connectivity index (χ1n) is 4.87. The van der Waals surface area contributed by atoms with E-state index in [2.05, 4.69) is 36.4 Å². The molecule has 1 aromatic rings. The largest absolute Gasteiger partial charge is 0.497 e. The van der Waals surface area contributed by atoms with Crippen LogP contribution in [0.15, 0.2) is 54.3 Å². The molecule has 0 bridgehead atoms. The summed E-state index contributed by atoms with van der Waals surface area (Å²) in [5, 5.41) is 0. The van der Waals surface area contributed by atoms with Crippen molar-refractivity contribution in [1.29, 1.82) is 0 Å². The zero-order chi connectivity index (χ0) is 9.80. The minimum absolute atomic E-state index is 0.469. The molecule has 1 heteroatoms. The van der Waals surface area contributed by atoms with Gasteiger partial charge in [0.2, 0.25) is 0 Å². The summed E-state index contributed by atoms with van der Waals surface area (Å²) in [6.45, 7) is 0. The van der Waals surface area contributed by atoms with Crippen LogP contribution < -0.4 is 0 Å². The van der Waals surface area contributed by atoms with E-state index in [0.29, 0.717) is 5.92 Å². The van der Waals surface area contributed by atoms with E-state index >= 15 is 0 Å². The smallest absolute Gasteiger partial charge is 0.115 e. The number of hydrogen-bond donors (Lipinski definition) is 0. The highest BCUT2D eigenvalue weighted by atomic mass is 16.5. The molecule has 1 nitrogen and oxygen atoms in total. The number of methoxy groups -OCH3 is 1. The molecule has 72 valence electrons. The Bertz CT molecular complexity index is 349. The summed E-state index contributed by atoms with van der Waals surface area (Å²) in [5.41, 5.74) is 1.35. The second-order valence-corrected chi connectivity index (χ2v) is 3.43. The van der Waals surface area contributed by atoms with Gasteiger partial charge in [-0.3, -0.25) is 0 Å². The molecule has 0 radical (unpaired) electrons. The minimum Gasteiger partial charge on any atom is -0.497 e. The lowest BCUT2D eigenvalue weighted by atomic mass is 9.92. The molecule has 0 unspecified atom stereocenters. The lowest BCUT2D eigenvalue weighted by Gasteiger charge is -2.16. The van der Waals surface area contributed by atoms with Crippen LogP contribution in [0.1, 0.15) is 17.9 Å². The third kappa shape index (κ3) is 1.87. The molecule has 0 saturated carbocycles. The average Bonchev–Trinajstić information content (AvgIpc) is 2.30. The van der Waals surface area contributed by atoms with Crippen LogP contribution in [0.25, 0.3) is 0 Å². The monoisotopic (exact) mass is 186 g/mol. The van der Waals surface area contributed by atoms with Crippen molar-refractivity contribution >= 4 is 0 Å². The third-order valence-electron chi connectivity index (χ3n) is 2.50. The Labute approximate surface area is 84.7 Å². The molecular formula is C13H14O. The maximum absolute atomic E-state index is 5.22. The molecule has 0 aliphatic heterocycles. The summed E-state index contributed by atoms with van der Waals surface area (Å²) in [5.74, 6) is 1.43. The fourth-order valence-electron chi connectivity index (χ4n) is 1.72. The number of allylic oxidation sites excluding steroid dienone is 3. The van der Waals surface area contributed by atoms with Crippen molar-refractivity contribution in [3.8, 4) is 0 Å². The van der Waals surface area contributed by atoms with Crippen molar-refractivity contribution < 1.29 is 4.74 Å². The van der Waals surface area contributed by atoms with Crippen LogP contribution in [0.2, 0.25) is 0 Å². The molecule has 0 fully saturated rings. The SMILES string of the molecule is COC1=C[C@@H](c2ccccc2)CC=C1. The van der Waals surface area contributed by atoms with Crippen molar-refractivity contribution in [1.82, 2.24) is 0 Å². The van der Waals surface area contributed by atoms with Crippen LogP contribution >= 0.6 is 0 Å². The normalized spacial score (nSPS) is 20.4. The Morgan fingerprint density at radius 1 is 1.21 bits per heavy atom. The minimum atomic E-state index is 0.469. The number of hydrogen-bond acceptors (Lipinski definition) is 1. The van der Waals surface area contributed by atoms with Gasteiger partial charge in [-0.1, -0.05) is 36.4 Å². The predicted octanol–water partition coefficient (Wildman–Crippen LogP) is 3.26. The van der Waals surface area contributed by atoms with Gasteiger partial charge < -0.3 is 4.74 Å². The Kier molecular flexibility index (Phi) is 2.68. The number of ether oxygens (including phenoxy) is 1. The van der Waals surface area contributed by atoms with Crippen LogP contribution in [-0.4, -0.2) is 7.11 Å². The standard InChI is InChI=1S/C13H14O/c1-14-13-9-5-8-12(10-13)11-6-3-2-4-7-11/h2-7,9-10,12H,8H2,1H3/t12-/m0/s1. The molecular weight excluding hydrogens is 172 g/mol. The molecule has 14 heavy (non-hydrogen) atoms. The third-order valence-corrected chi connectivity index (χ3v) is 2.50. The second kappa shape index (κ2) is 4.14. The van der Waals surface area contributed by atoms with Gasteiger partial charge in [0.25, 0.3) is 0 Å². The number of benzene rings is 1. The van der Waals surface area contributed by atoms with Gasteiger partial charge in [0.05, 0.1) is 7.11 Å². The molecule has 0 aromatic heterocycles. The van der Waals surface area contributed by atoms with Gasteiger partial charge in [-0.25, -0.2) is 0 Å². The van der Waals surface area contributed by atoms with Crippen LogP contribution in [0.5, 0.6) is 0 Å². The zero-order valence-corrected chi connectivity index (χ0v) is 8.31. The van der Waals surface area contributed by atoms with Gasteiger partial charge in [-0.2, -0.15) is 0 Å². The van der Waals surface area contributed by atoms with E-state index in [1.807, 2.05) is 12.1 Å². The summed E-state index contributed by atoms with van der Waals surface area (Å²) in [6.07, 6.45) is 7.43. The van der Waals surface area contributed by atoms with Gasteiger partial charge in [0.1, 0.15) is 5.76 Å². The molecule has 0 amide bonds. The maximum Gasteiger partial charge on any atom is 0.115 e. The van der Waals surface area contributed by atoms with Crippen LogP contribution in [0.3, 0.4) is 0 Å². The van der Waals surface area contributed by atoms with E-state index in [0.717, 1.165) is 12.2 Å². The zero-order valence-electron chi connectivity index (χ0n) is 8.31. The van der Waals surface area contributed by atoms with Gasteiger partial charge in [0.15, 0.2) is 0 Å². The second-order valence-electron chi connectivity index (χ2n) is 3.43. The molecule has 0 spiro atoms. The van der Waals surface area contributed by atoms with Crippen molar-refractivity contribution in [2.24, 2.45) is 0 Å². The molecule has 2 rings (SSSR count). The van der Waals surface area contributed by atoms with Gasteiger partial charge in [-0.15, -0.1) is 0 Å². The van der Waals surface area contributed by atoms with Gasteiger partial charge in [-0.05, 0) is 24.1 Å². The topological polar surface area (TPSA) is 9.23 Å². The quantitative estimate of drug-likeness (QED) is 0.688. The molecule has 0 saturated heterocycles. The first-order chi connectivity index (χ1) is 6.90. The van der Waals surface area contributed by atoms with E-state index < -0.39 is 0 Å². The van der Waals surface area contributed by atoms with E-state index in [1.165, 1.54) is 5.56 Å². The summed E-state index contributed by atoms with van der Waals surface area (Å²) in [7, 11) is 1.71. The van der Waals surface area contributed by atoms with Gasteiger partial charge in [0, 0.05) is 5.92 Å². The highest BCUT2D eigenvalue weighted by Crippen LogP contribution is 2.26. The molecule has 1 aliphatic carbocycles. The first-order valence-corrected chi connectivity index (χ1v) is 4.87. The fraction of sp³-hybridized carbons (Fsp3) is 0.231. The molecule has 0 N–H and O–H groups in total. The Hall–Kier alpha value is -1.50. The Morgan fingerprint density at radius 2 is 2.00 bits per heavy atom. The first kappa shape index (κ1) is 9.07. The highest BCUT2D eigenvalue weighted by molar-refractivity contribution is 5.30. The molecule has 1 atom stereocenters. The average molecular weight is 186 g/mol. The summed E-state index contributed by atoms with van der Waals surface area (Å²) >= 11 is 0. The van der Waals surface area contributed by atoms with E-state index in [1.54, 1.807) is 7.11 Å². The lowest BCUT2D eigenvalue weighted by molar-refractivity contribution is 0.302. The molecule has 0 heterocycles. The summed E-state index contributed by atoms with van der Waals surface area (Å²) in [4.78, 5) is 0. The van der Waals surface area contributed by atoms with Crippen LogP contribution in [0.4, 0.5) is 0 Å². The fourth-order valence-corrected chi connectivity index (χ4v) is 1.72. The molecule has 1 aliphatic rings. The summed E-state index contributed by atoms with van der Waals surface area (Å²) < 4.78 is 5.22. The Morgan fingerprint density at radius 3 is 2.71 bits per heavy atom. The lowest BCUT2D eigenvalue weighted by Crippen LogP contribution is -1.99. The van der Waals surface area contributed by atoms with E-state index in [9.17, 15) is 0 Å². The predicted molar refractivity (Wildman–Crippen MR) is 58.0 cm³/mol. The van der Waals surface area contributed by atoms with E-state index in [4.69, 9.17) is 4.74 Å². The molecule has 1 aromatic carbocycles. The van der Waals surface area contributed by atoms with Crippen molar-refractivity contribution in [2.75, 3.05) is 7.11 Å². The van der Waals surface area contributed by atoms with Crippen molar-refractivity contribution in [3.05, 3.63) is 59.9 Å². The van der Waals surface area contributed by atoms with Crippen LogP contribution in [-0.2, 0) is 4.74 Å². The number of rotatable bonds is 2. The van der Waals surface area contributed by atoms with E-state index in [-0.39, 0.29) is 0 Å². The van der Waals surface area contributed by atoms with Gasteiger partial charge >= 0.3 is 0 Å². The maximum atomic E-state index is 5.22. The van der Waals surface area contributed by atoms with Crippen molar-refractivity contribution in [3.63, 3.8) is 0 Å². The van der Waals surface area contributed by atoms with Crippen molar-refractivity contribution in [2.45, 2.75) is 12.3 Å². The van der Waals surface area contributed by atoms with Crippen LogP contribution in [0, 0.1) is 0 Å².